The number of hydrogen-bond acceptors (Lipinski definition) is 7. The SMILES string of the molecule is COc1ccc(C(N)CC(=O)OC(=O)[C@H](Cc2ccccc2)NC(C)=O)cc1OC. The molecule has 0 radical (unpaired) electrons. The van der Waals surface area contributed by atoms with Crippen LogP contribution in [-0.2, 0) is 25.5 Å². The molecule has 0 fully saturated rings. The predicted octanol–water partition coefficient (Wildman–Crippen LogP) is 1.91. The molecule has 2 rings (SSSR count). The van der Waals surface area contributed by atoms with Crippen LogP contribution in [0.4, 0.5) is 0 Å². The van der Waals surface area contributed by atoms with Gasteiger partial charge in [-0.3, -0.25) is 9.59 Å². The van der Waals surface area contributed by atoms with Crippen molar-refractivity contribution >= 4 is 17.8 Å². The Morgan fingerprint density at radius 3 is 2.27 bits per heavy atom. The fraction of sp³-hybridized carbons (Fsp3) is 0.318. The van der Waals surface area contributed by atoms with Crippen LogP contribution in [0.25, 0.3) is 0 Å². The topological polar surface area (TPSA) is 117 Å². The van der Waals surface area contributed by atoms with E-state index in [1.165, 1.54) is 21.1 Å². The number of benzene rings is 2. The van der Waals surface area contributed by atoms with Crippen LogP contribution in [0.5, 0.6) is 11.5 Å². The maximum absolute atomic E-state index is 12.5. The average molecular weight is 414 g/mol. The van der Waals surface area contributed by atoms with Crippen molar-refractivity contribution in [1.29, 1.82) is 0 Å². The Hall–Kier alpha value is -3.39. The van der Waals surface area contributed by atoms with Gasteiger partial charge >= 0.3 is 11.9 Å². The van der Waals surface area contributed by atoms with Crippen molar-refractivity contribution in [3.8, 4) is 11.5 Å². The lowest BCUT2D eigenvalue weighted by molar-refractivity contribution is -0.162. The molecular weight excluding hydrogens is 388 g/mol. The number of rotatable bonds is 9. The molecule has 0 spiro atoms. The lowest BCUT2D eigenvalue weighted by Gasteiger charge is -2.17. The summed E-state index contributed by atoms with van der Waals surface area (Å²) in [6.45, 7) is 1.29. The van der Waals surface area contributed by atoms with Gasteiger partial charge in [-0.1, -0.05) is 36.4 Å². The van der Waals surface area contributed by atoms with Gasteiger partial charge in [-0.25, -0.2) is 4.79 Å². The number of methoxy groups -OCH3 is 2. The number of nitrogens with two attached hydrogens (primary N) is 1. The normalized spacial score (nSPS) is 12.4. The van der Waals surface area contributed by atoms with Gasteiger partial charge in [0.15, 0.2) is 11.5 Å². The second kappa shape index (κ2) is 11.0. The van der Waals surface area contributed by atoms with Crippen LogP contribution < -0.4 is 20.5 Å². The number of amides is 1. The molecular formula is C22H26N2O6. The van der Waals surface area contributed by atoms with Gasteiger partial charge in [0.25, 0.3) is 0 Å². The highest BCUT2D eigenvalue weighted by Crippen LogP contribution is 2.30. The molecule has 2 aromatic carbocycles. The minimum Gasteiger partial charge on any atom is -0.493 e. The molecule has 3 N–H and O–H groups in total. The molecule has 1 amide bonds. The molecule has 1 unspecified atom stereocenters. The van der Waals surface area contributed by atoms with Crippen LogP contribution in [0.2, 0.25) is 0 Å². The Morgan fingerprint density at radius 1 is 1.00 bits per heavy atom. The van der Waals surface area contributed by atoms with E-state index in [1.807, 2.05) is 30.3 Å². The number of ether oxygens (including phenoxy) is 3. The molecule has 160 valence electrons. The van der Waals surface area contributed by atoms with Gasteiger partial charge in [-0.2, -0.15) is 0 Å². The molecule has 0 aliphatic rings. The third kappa shape index (κ3) is 6.59. The highest BCUT2D eigenvalue weighted by molar-refractivity contribution is 5.91. The molecule has 0 aliphatic heterocycles. The highest BCUT2D eigenvalue weighted by atomic mass is 16.6. The van der Waals surface area contributed by atoms with Crippen LogP contribution in [0.15, 0.2) is 48.5 Å². The second-order valence-corrected chi connectivity index (χ2v) is 6.66. The molecule has 30 heavy (non-hydrogen) atoms. The monoisotopic (exact) mass is 414 g/mol. The molecule has 0 saturated carbocycles. The van der Waals surface area contributed by atoms with Gasteiger partial charge in [0.2, 0.25) is 5.91 Å². The Morgan fingerprint density at radius 2 is 1.67 bits per heavy atom. The average Bonchev–Trinajstić information content (AvgIpc) is 2.72. The van der Waals surface area contributed by atoms with E-state index in [4.69, 9.17) is 19.9 Å². The first-order chi connectivity index (χ1) is 14.3. The van der Waals surface area contributed by atoms with Crippen LogP contribution in [0.1, 0.15) is 30.5 Å². The third-order valence-electron chi connectivity index (χ3n) is 4.38. The zero-order valence-electron chi connectivity index (χ0n) is 17.2. The Kier molecular flexibility index (Phi) is 8.37. The molecule has 2 atom stereocenters. The van der Waals surface area contributed by atoms with Crippen LogP contribution in [0, 0.1) is 0 Å². The summed E-state index contributed by atoms with van der Waals surface area (Å²) in [5.74, 6) is -1.01. The number of hydrogen-bond donors (Lipinski definition) is 2. The van der Waals surface area contributed by atoms with Gasteiger partial charge in [0.1, 0.15) is 6.04 Å². The van der Waals surface area contributed by atoms with Crippen molar-refractivity contribution in [2.75, 3.05) is 14.2 Å². The van der Waals surface area contributed by atoms with Gasteiger partial charge in [0.05, 0.1) is 20.6 Å². The first-order valence-corrected chi connectivity index (χ1v) is 9.37. The third-order valence-corrected chi connectivity index (χ3v) is 4.38. The van der Waals surface area contributed by atoms with Crippen molar-refractivity contribution in [2.45, 2.75) is 31.8 Å². The van der Waals surface area contributed by atoms with Crippen molar-refractivity contribution in [3.63, 3.8) is 0 Å². The van der Waals surface area contributed by atoms with E-state index in [2.05, 4.69) is 5.32 Å². The molecule has 2 aromatic rings. The summed E-state index contributed by atoms with van der Waals surface area (Å²) in [7, 11) is 3.01. The quantitative estimate of drug-likeness (QED) is 0.475. The van der Waals surface area contributed by atoms with Crippen LogP contribution in [-0.4, -0.2) is 38.1 Å². The van der Waals surface area contributed by atoms with E-state index in [9.17, 15) is 14.4 Å². The van der Waals surface area contributed by atoms with Crippen LogP contribution in [0.3, 0.4) is 0 Å². The highest BCUT2D eigenvalue weighted by Gasteiger charge is 2.25. The van der Waals surface area contributed by atoms with Gasteiger partial charge < -0.3 is 25.3 Å². The number of carbonyl (C=O) groups is 3. The molecule has 0 saturated heterocycles. The van der Waals surface area contributed by atoms with Crippen molar-refractivity contribution in [2.24, 2.45) is 5.73 Å². The standard InChI is InChI=1S/C22H26N2O6/c1-14(25)24-18(11-15-7-5-4-6-8-15)22(27)30-21(26)13-17(23)16-9-10-19(28-2)20(12-16)29-3/h4-10,12,17-18H,11,13,23H2,1-3H3,(H,24,25)/t17?,18-/m0/s1. The minimum absolute atomic E-state index is 0.203. The summed E-state index contributed by atoms with van der Waals surface area (Å²) >= 11 is 0. The van der Waals surface area contributed by atoms with E-state index in [0.29, 0.717) is 17.1 Å². The van der Waals surface area contributed by atoms with Crippen molar-refractivity contribution < 1.29 is 28.6 Å². The number of carbonyl (C=O) groups excluding carboxylic acids is 3. The fourth-order valence-electron chi connectivity index (χ4n) is 2.89. The Balaban J connectivity index is 2.01. The summed E-state index contributed by atoms with van der Waals surface area (Å²) in [6, 6.07) is 12.5. The largest absolute Gasteiger partial charge is 0.493 e. The molecule has 0 heterocycles. The molecule has 8 heteroatoms. The van der Waals surface area contributed by atoms with Gasteiger partial charge in [-0.05, 0) is 23.3 Å². The lowest BCUT2D eigenvalue weighted by Crippen LogP contribution is -2.43. The molecule has 8 nitrogen and oxygen atoms in total. The zero-order chi connectivity index (χ0) is 22.1. The molecule has 0 aliphatic carbocycles. The van der Waals surface area contributed by atoms with E-state index < -0.39 is 29.9 Å². The van der Waals surface area contributed by atoms with Crippen LogP contribution >= 0.6 is 0 Å². The minimum atomic E-state index is -0.980. The summed E-state index contributed by atoms with van der Waals surface area (Å²) < 4.78 is 15.4. The summed E-state index contributed by atoms with van der Waals surface area (Å²) in [5.41, 5.74) is 7.54. The van der Waals surface area contributed by atoms with E-state index in [0.717, 1.165) is 5.56 Å². The van der Waals surface area contributed by atoms with Crippen molar-refractivity contribution in [1.82, 2.24) is 5.32 Å². The summed E-state index contributed by atoms with van der Waals surface area (Å²) in [6.07, 6.45) is -0.0202. The first kappa shape index (κ1) is 22.9. The van der Waals surface area contributed by atoms with Gasteiger partial charge in [0, 0.05) is 19.4 Å². The maximum atomic E-state index is 12.5. The predicted molar refractivity (Wildman–Crippen MR) is 110 cm³/mol. The van der Waals surface area contributed by atoms with Crippen molar-refractivity contribution in [3.05, 3.63) is 59.7 Å². The van der Waals surface area contributed by atoms with E-state index in [1.54, 1.807) is 18.2 Å². The van der Waals surface area contributed by atoms with E-state index >= 15 is 0 Å². The lowest BCUT2D eigenvalue weighted by atomic mass is 10.0. The summed E-state index contributed by atoms with van der Waals surface area (Å²) in [5, 5.41) is 2.52. The first-order valence-electron chi connectivity index (χ1n) is 9.37. The molecule has 0 aromatic heterocycles. The zero-order valence-corrected chi connectivity index (χ0v) is 17.2. The number of esters is 2. The van der Waals surface area contributed by atoms with Gasteiger partial charge in [-0.15, -0.1) is 0 Å². The number of nitrogens with one attached hydrogen (secondary N) is 1. The maximum Gasteiger partial charge on any atom is 0.336 e. The van der Waals surface area contributed by atoms with E-state index in [-0.39, 0.29) is 12.8 Å². The fourth-order valence-corrected chi connectivity index (χ4v) is 2.89. The smallest absolute Gasteiger partial charge is 0.336 e. The Bertz CT molecular complexity index is 884. The summed E-state index contributed by atoms with van der Waals surface area (Å²) in [4.78, 5) is 36.2. The second-order valence-electron chi connectivity index (χ2n) is 6.66. The molecule has 0 bridgehead atoms. The Labute approximate surface area is 175 Å².